The van der Waals surface area contributed by atoms with E-state index in [1.807, 2.05) is 54.0 Å². The zero-order chi connectivity index (χ0) is 16.8. The van der Waals surface area contributed by atoms with E-state index in [1.165, 1.54) is 6.08 Å². The number of para-hydroxylation sites is 1. The fourth-order valence-electron chi connectivity index (χ4n) is 2.14. The molecule has 0 saturated heterocycles. The summed E-state index contributed by atoms with van der Waals surface area (Å²) >= 11 is 1.58. The first-order valence-corrected chi connectivity index (χ1v) is 8.06. The summed E-state index contributed by atoms with van der Waals surface area (Å²) in [5.74, 6) is -0.554. The highest BCUT2D eigenvalue weighted by atomic mass is 32.1. The first-order valence-electron chi connectivity index (χ1n) is 7.18. The number of hydrogen-bond acceptors (Lipinski definition) is 5. The van der Waals surface area contributed by atoms with Crippen molar-refractivity contribution in [3.05, 3.63) is 65.7 Å². The van der Waals surface area contributed by atoms with Crippen molar-refractivity contribution in [3.63, 3.8) is 0 Å². The van der Waals surface area contributed by atoms with Crippen LogP contribution in [-0.2, 0) is 9.53 Å². The summed E-state index contributed by atoms with van der Waals surface area (Å²) in [5.41, 5.74) is 2.52. The van der Waals surface area contributed by atoms with Crippen LogP contribution in [0.15, 0.2) is 60.1 Å². The van der Waals surface area contributed by atoms with Gasteiger partial charge in [0.15, 0.2) is 6.61 Å². The number of hydrogen-bond donors (Lipinski definition) is 0. The van der Waals surface area contributed by atoms with Crippen LogP contribution in [0.4, 0.5) is 0 Å². The maximum atomic E-state index is 11.6. The van der Waals surface area contributed by atoms with Gasteiger partial charge in [-0.05, 0) is 29.7 Å². The van der Waals surface area contributed by atoms with Gasteiger partial charge in [0.2, 0.25) is 0 Å². The molecule has 0 saturated carbocycles. The number of rotatable bonds is 5. The molecule has 0 spiro atoms. The number of nitrogens with zero attached hydrogens (tertiary/aromatic N) is 3. The molecule has 3 rings (SSSR count). The molecule has 0 fully saturated rings. The summed E-state index contributed by atoms with van der Waals surface area (Å²) in [6.07, 6.45) is 4.82. The number of thiophene rings is 1. The Morgan fingerprint density at radius 3 is 2.83 bits per heavy atom. The van der Waals surface area contributed by atoms with E-state index in [9.17, 15) is 4.79 Å². The summed E-state index contributed by atoms with van der Waals surface area (Å²) in [6, 6.07) is 15.4. The van der Waals surface area contributed by atoms with Crippen LogP contribution in [0.2, 0.25) is 0 Å². The summed E-state index contributed by atoms with van der Waals surface area (Å²) in [7, 11) is 0. The molecule has 6 heteroatoms. The molecule has 118 valence electrons. The van der Waals surface area contributed by atoms with Crippen LogP contribution < -0.4 is 0 Å². The van der Waals surface area contributed by atoms with E-state index in [1.54, 1.807) is 28.2 Å². The highest BCUT2D eigenvalue weighted by Gasteiger charge is 2.11. The lowest BCUT2D eigenvalue weighted by Crippen LogP contribution is -1.99. The minimum absolute atomic E-state index is 0.260. The van der Waals surface area contributed by atoms with Crippen molar-refractivity contribution in [2.24, 2.45) is 0 Å². The predicted molar refractivity (Wildman–Crippen MR) is 92.5 cm³/mol. The molecule has 24 heavy (non-hydrogen) atoms. The molecule has 1 aromatic carbocycles. The van der Waals surface area contributed by atoms with Crippen LogP contribution in [0.3, 0.4) is 0 Å². The Morgan fingerprint density at radius 2 is 2.12 bits per heavy atom. The minimum Gasteiger partial charge on any atom is -0.447 e. The van der Waals surface area contributed by atoms with Crippen LogP contribution in [0.1, 0.15) is 5.56 Å². The molecule has 5 nitrogen and oxygen atoms in total. The van der Waals surface area contributed by atoms with Crippen molar-refractivity contribution < 1.29 is 9.53 Å². The summed E-state index contributed by atoms with van der Waals surface area (Å²) < 4.78 is 6.50. The van der Waals surface area contributed by atoms with Crippen LogP contribution in [0.5, 0.6) is 0 Å². The van der Waals surface area contributed by atoms with E-state index < -0.39 is 5.97 Å². The Labute approximate surface area is 143 Å². The molecule has 0 bridgehead atoms. The van der Waals surface area contributed by atoms with Gasteiger partial charge in [0.1, 0.15) is 11.8 Å². The topological polar surface area (TPSA) is 67.9 Å². The third-order valence-electron chi connectivity index (χ3n) is 3.20. The Kier molecular flexibility index (Phi) is 4.84. The number of carbonyl (C=O) groups excluding carboxylic acids is 1. The molecule has 0 aliphatic heterocycles. The third-order valence-corrected chi connectivity index (χ3v) is 4.07. The van der Waals surface area contributed by atoms with Gasteiger partial charge in [-0.2, -0.15) is 10.4 Å². The quantitative estimate of drug-likeness (QED) is 0.527. The molecule has 3 aromatic rings. The lowest BCUT2D eigenvalue weighted by molar-refractivity contribution is -0.136. The molecular weight excluding hydrogens is 322 g/mol. The second kappa shape index (κ2) is 7.40. The van der Waals surface area contributed by atoms with E-state index in [2.05, 4.69) is 5.10 Å². The second-order valence-electron chi connectivity index (χ2n) is 4.79. The number of aromatic nitrogens is 2. The molecule has 0 unspecified atom stereocenters. The predicted octanol–water partition coefficient (Wildman–Crippen LogP) is 3.68. The summed E-state index contributed by atoms with van der Waals surface area (Å²) in [6.45, 7) is -0.260. The standard InChI is InChI=1S/C18H13N3O2S/c19-10-11-23-17(22)9-8-14-13-21(15-5-2-1-3-6-15)20-18(14)16-7-4-12-24-16/h1-9,12-13H,11H2/b9-8+. The molecule has 0 atom stereocenters. The Bertz CT molecular complexity index is 890. The van der Waals surface area contributed by atoms with Gasteiger partial charge in [-0.25, -0.2) is 9.48 Å². The molecular formula is C18H13N3O2S. The van der Waals surface area contributed by atoms with E-state index in [0.29, 0.717) is 0 Å². The Hall–Kier alpha value is -3.17. The summed E-state index contributed by atoms with van der Waals surface area (Å²) in [5, 5.41) is 15.0. The number of benzene rings is 1. The van der Waals surface area contributed by atoms with Crippen LogP contribution in [0.25, 0.3) is 22.3 Å². The molecule has 0 N–H and O–H groups in total. The fourth-order valence-corrected chi connectivity index (χ4v) is 2.87. The minimum atomic E-state index is -0.554. The van der Waals surface area contributed by atoms with Crippen LogP contribution in [-0.4, -0.2) is 22.4 Å². The zero-order valence-corrected chi connectivity index (χ0v) is 13.4. The molecule has 2 heterocycles. The van der Waals surface area contributed by atoms with Gasteiger partial charge in [-0.15, -0.1) is 11.3 Å². The van der Waals surface area contributed by atoms with Crippen molar-refractivity contribution in [2.75, 3.05) is 6.61 Å². The van der Waals surface area contributed by atoms with Gasteiger partial charge in [0, 0.05) is 17.8 Å². The maximum Gasteiger partial charge on any atom is 0.331 e. The highest BCUT2D eigenvalue weighted by molar-refractivity contribution is 7.13. The normalized spacial score (nSPS) is 10.6. The van der Waals surface area contributed by atoms with E-state index >= 15 is 0 Å². The van der Waals surface area contributed by atoms with Crippen molar-refractivity contribution >= 4 is 23.4 Å². The SMILES string of the molecule is N#CCOC(=O)/C=C/c1cn(-c2ccccc2)nc1-c1cccs1. The smallest absolute Gasteiger partial charge is 0.331 e. The number of nitriles is 1. The van der Waals surface area contributed by atoms with Crippen molar-refractivity contribution in [3.8, 4) is 22.3 Å². The number of ether oxygens (including phenoxy) is 1. The van der Waals surface area contributed by atoms with Gasteiger partial charge in [-0.1, -0.05) is 24.3 Å². The van der Waals surface area contributed by atoms with Crippen LogP contribution in [0, 0.1) is 11.3 Å². The Balaban J connectivity index is 1.95. The second-order valence-corrected chi connectivity index (χ2v) is 5.74. The third kappa shape index (κ3) is 3.59. The average Bonchev–Trinajstić information content (AvgIpc) is 3.28. The molecule has 0 radical (unpaired) electrons. The molecule has 0 aliphatic carbocycles. The number of carbonyl (C=O) groups is 1. The van der Waals surface area contributed by atoms with Crippen molar-refractivity contribution in [1.29, 1.82) is 5.26 Å². The van der Waals surface area contributed by atoms with Gasteiger partial charge >= 0.3 is 5.97 Å². The lowest BCUT2D eigenvalue weighted by Gasteiger charge is -1.99. The van der Waals surface area contributed by atoms with Gasteiger partial charge in [0.25, 0.3) is 0 Å². The monoisotopic (exact) mass is 335 g/mol. The van der Waals surface area contributed by atoms with Gasteiger partial charge < -0.3 is 4.74 Å². The van der Waals surface area contributed by atoms with E-state index in [0.717, 1.165) is 21.8 Å². The zero-order valence-electron chi connectivity index (χ0n) is 12.6. The first-order chi connectivity index (χ1) is 11.8. The fraction of sp³-hybridized carbons (Fsp3) is 0.0556. The first kappa shape index (κ1) is 15.7. The molecule has 0 amide bonds. The molecule has 2 aromatic heterocycles. The van der Waals surface area contributed by atoms with Crippen molar-refractivity contribution in [1.82, 2.24) is 9.78 Å². The lowest BCUT2D eigenvalue weighted by atomic mass is 10.2. The van der Waals surface area contributed by atoms with Crippen molar-refractivity contribution in [2.45, 2.75) is 0 Å². The van der Waals surface area contributed by atoms with Gasteiger partial charge in [-0.3, -0.25) is 0 Å². The average molecular weight is 335 g/mol. The van der Waals surface area contributed by atoms with E-state index in [-0.39, 0.29) is 6.61 Å². The van der Waals surface area contributed by atoms with Gasteiger partial charge in [0.05, 0.1) is 10.6 Å². The maximum absolute atomic E-state index is 11.6. The number of esters is 1. The largest absolute Gasteiger partial charge is 0.447 e. The molecule has 0 aliphatic rings. The van der Waals surface area contributed by atoms with E-state index in [4.69, 9.17) is 10.00 Å². The highest BCUT2D eigenvalue weighted by Crippen LogP contribution is 2.28. The Morgan fingerprint density at radius 1 is 1.29 bits per heavy atom. The van der Waals surface area contributed by atoms with Crippen LogP contribution >= 0.6 is 11.3 Å². The summed E-state index contributed by atoms with van der Waals surface area (Å²) in [4.78, 5) is 12.6.